The Kier molecular flexibility index (Phi) is 2.50. The van der Waals surface area contributed by atoms with Crippen LogP contribution in [0.4, 0.5) is 10.5 Å². The number of anilines is 1. The molecule has 0 unspecified atom stereocenters. The van der Waals surface area contributed by atoms with E-state index in [4.69, 9.17) is 0 Å². The minimum atomic E-state index is -0.0514. The Morgan fingerprint density at radius 2 is 1.40 bits per heavy atom. The Morgan fingerprint density at radius 3 is 2.20 bits per heavy atom. The predicted molar refractivity (Wildman–Crippen MR) is 76.7 cm³/mol. The quantitative estimate of drug-likeness (QED) is 0.795. The molecule has 4 rings (SSSR count). The first-order valence-corrected chi connectivity index (χ1v) is 6.79. The summed E-state index contributed by atoms with van der Waals surface area (Å²) in [6.07, 6.45) is 0. The molecule has 0 atom stereocenters. The van der Waals surface area contributed by atoms with Crippen molar-refractivity contribution in [3.63, 3.8) is 0 Å². The smallest absolute Gasteiger partial charge is 0.306 e. The molecule has 4 heteroatoms. The average Bonchev–Trinajstić information content (AvgIpc) is 2.61. The Morgan fingerprint density at radius 1 is 0.800 bits per heavy atom. The van der Waals surface area contributed by atoms with Gasteiger partial charge in [0.1, 0.15) is 0 Å². The standard InChI is InChI=1S/C16H15N3O/c20-16-17-15-8-4-3-7-14(15)10-18-9-12-5-1-2-6-13(12)11-19(16)18/h1-8H,9-11H2,(H,17,20). The molecule has 0 spiro atoms. The van der Waals surface area contributed by atoms with Gasteiger partial charge in [0.15, 0.2) is 0 Å². The number of para-hydroxylation sites is 1. The lowest BCUT2D eigenvalue weighted by atomic mass is 10.0. The number of rotatable bonds is 0. The van der Waals surface area contributed by atoms with Crippen LogP contribution in [0.3, 0.4) is 0 Å². The van der Waals surface area contributed by atoms with Crippen LogP contribution in [0.2, 0.25) is 0 Å². The zero-order valence-corrected chi connectivity index (χ0v) is 11.0. The number of carbonyl (C=O) groups is 1. The van der Waals surface area contributed by atoms with E-state index in [9.17, 15) is 4.79 Å². The van der Waals surface area contributed by atoms with Crippen LogP contribution >= 0.6 is 0 Å². The molecule has 0 saturated carbocycles. The van der Waals surface area contributed by atoms with E-state index in [2.05, 4.69) is 34.6 Å². The summed E-state index contributed by atoms with van der Waals surface area (Å²) in [6, 6.07) is 16.3. The van der Waals surface area contributed by atoms with Crippen molar-refractivity contribution in [1.82, 2.24) is 10.0 Å². The maximum Gasteiger partial charge on any atom is 0.336 e. The Hall–Kier alpha value is -2.33. The minimum Gasteiger partial charge on any atom is -0.306 e. The molecule has 20 heavy (non-hydrogen) atoms. The fraction of sp³-hybridized carbons (Fsp3) is 0.188. The van der Waals surface area contributed by atoms with E-state index < -0.39 is 0 Å². The van der Waals surface area contributed by atoms with Crippen LogP contribution in [0.15, 0.2) is 48.5 Å². The molecule has 4 nitrogen and oxygen atoms in total. The Bertz CT molecular complexity index is 683. The summed E-state index contributed by atoms with van der Waals surface area (Å²) in [4.78, 5) is 12.4. The molecule has 2 heterocycles. The number of fused-ring (bicyclic) bond motifs is 3. The van der Waals surface area contributed by atoms with Crippen LogP contribution in [0, 0.1) is 0 Å². The summed E-state index contributed by atoms with van der Waals surface area (Å²) in [5.41, 5.74) is 4.60. The van der Waals surface area contributed by atoms with Gasteiger partial charge in [0.2, 0.25) is 0 Å². The summed E-state index contributed by atoms with van der Waals surface area (Å²) in [6.45, 7) is 2.16. The highest BCUT2D eigenvalue weighted by Crippen LogP contribution is 2.29. The van der Waals surface area contributed by atoms with Gasteiger partial charge < -0.3 is 5.32 Å². The maximum absolute atomic E-state index is 12.4. The zero-order valence-electron chi connectivity index (χ0n) is 11.0. The number of amides is 2. The highest BCUT2D eigenvalue weighted by Gasteiger charge is 2.30. The number of carbonyl (C=O) groups excluding carboxylic acids is 1. The number of nitrogens with one attached hydrogen (secondary N) is 1. The van der Waals surface area contributed by atoms with Gasteiger partial charge >= 0.3 is 6.03 Å². The fourth-order valence-electron chi connectivity index (χ4n) is 2.91. The van der Waals surface area contributed by atoms with Crippen molar-refractivity contribution in [2.45, 2.75) is 19.6 Å². The van der Waals surface area contributed by atoms with Gasteiger partial charge in [-0.15, -0.1) is 0 Å². The van der Waals surface area contributed by atoms with Crippen molar-refractivity contribution in [1.29, 1.82) is 0 Å². The third kappa shape index (κ3) is 1.77. The first kappa shape index (κ1) is 11.5. The molecule has 2 aromatic carbocycles. The number of hydrazine groups is 1. The van der Waals surface area contributed by atoms with Gasteiger partial charge in [-0.05, 0) is 22.8 Å². The lowest BCUT2D eigenvalue weighted by Gasteiger charge is -2.37. The van der Waals surface area contributed by atoms with Crippen LogP contribution < -0.4 is 5.32 Å². The first-order chi connectivity index (χ1) is 9.81. The lowest BCUT2D eigenvalue weighted by Crippen LogP contribution is -2.48. The van der Waals surface area contributed by atoms with Gasteiger partial charge in [-0.3, -0.25) is 5.01 Å². The third-order valence-electron chi connectivity index (χ3n) is 3.98. The molecule has 1 N–H and O–H groups in total. The third-order valence-corrected chi connectivity index (χ3v) is 3.98. The number of urea groups is 1. The van der Waals surface area contributed by atoms with E-state index in [1.54, 1.807) is 0 Å². The monoisotopic (exact) mass is 265 g/mol. The van der Waals surface area contributed by atoms with Crippen molar-refractivity contribution in [3.8, 4) is 0 Å². The molecule has 0 bridgehead atoms. The molecule has 100 valence electrons. The zero-order chi connectivity index (χ0) is 13.5. The normalized spacial score (nSPS) is 17.6. The number of hydrogen-bond acceptors (Lipinski definition) is 2. The molecular weight excluding hydrogens is 250 g/mol. The summed E-state index contributed by atoms with van der Waals surface area (Å²) in [5, 5.41) is 6.92. The van der Waals surface area contributed by atoms with Crippen LogP contribution in [-0.2, 0) is 19.6 Å². The minimum absolute atomic E-state index is 0.0514. The Labute approximate surface area is 117 Å². The molecular formula is C16H15N3O. The van der Waals surface area contributed by atoms with Crippen LogP contribution in [0.25, 0.3) is 0 Å². The van der Waals surface area contributed by atoms with E-state index in [0.717, 1.165) is 24.3 Å². The van der Waals surface area contributed by atoms with Gasteiger partial charge in [-0.2, -0.15) is 0 Å². The van der Waals surface area contributed by atoms with Gasteiger partial charge in [0.25, 0.3) is 0 Å². The maximum atomic E-state index is 12.4. The molecule has 2 aromatic rings. The van der Waals surface area contributed by atoms with E-state index in [-0.39, 0.29) is 6.03 Å². The molecule has 0 aliphatic carbocycles. The van der Waals surface area contributed by atoms with Crippen molar-refractivity contribution in [2.24, 2.45) is 0 Å². The van der Waals surface area contributed by atoms with Gasteiger partial charge in [0, 0.05) is 18.8 Å². The molecule has 2 amide bonds. The van der Waals surface area contributed by atoms with E-state index >= 15 is 0 Å². The second-order valence-electron chi connectivity index (χ2n) is 5.24. The van der Waals surface area contributed by atoms with Gasteiger partial charge in [-0.1, -0.05) is 42.5 Å². The van der Waals surface area contributed by atoms with Gasteiger partial charge in [0.05, 0.1) is 6.54 Å². The molecule has 0 radical (unpaired) electrons. The van der Waals surface area contributed by atoms with E-state index in [1.807, 2.05) is 29.3 Å². The largest absolute Gasteiger partial charge is 0.336 e. The fourth-order valence-corrected chi connectivity index (χ4v) is 2.91. The molecule has 0 aromatic heterocycles. The second kappa shape index (κ2) is 4.35. The summed E-state index contributed by atoms with van der Waals surface area (Å²) in [5.74, 6) is 0. The van der Waals surface area contributed by atoms with Gasteiger partial charge in [-0.25, -0.2) is 9.80 Å². The SMILES string of the molecule is O=C1Nc2ccccc2CN2Cc3ccccc3CN12. The molecule has 2 aliphatic heterocycles. The van der Waals surface area contributed by atoms with Crippen molar-refractivity contribution < 1.29 is 4.79 Å². The summed E-state index contributed by atoms with van der Waals surface area (Å²) >= 11 is 0. The Balaban J connectivity index is 1.75. The molecule has 0 saturated heterocycles. The molecule has 2 aliphatic rings. The molecule has 0 fully saturated rings. The number of benzene rings is 2. The number of hydrogen-bond donors (Lipinski definition) is 1. The summed E-state index contributed by atoms with van der Waals surface area (Å²) in [7, 11) is 0. The van der Waals surface area contributed by atoms with Crippen molar-refractivity contribution >= 4 is 11.7 Å². The summed E-state index contributed by atoms with van der Waals surface area (Å²) < 4.78 is 0. The highest BCUT2D eigenvalue weighted by atomic mass is 16.2. The van der Waals surface area contributed by atoms with E-state index in [0.29, 0.717) is 6.54 Å². The van der Waals surface area contributed by atoms with Crippen LogP contribution in [-0.4, -0.2) is 16.0 Å². The highest BCUT2D eigenvalue weighted by molar-refractivity contribution is 5.90. The van der Waals surface area contributed by atoms with Crippen molar-refractivity contribution in [2.75, 3.05) is 5.32 Å². The predicted octanol–water partition coefficient (Wildman–Crippen LogP) is 2.96. The second-order valence-corrected chi connectivity index (χ2v) is 5.24. The topological polar surface area (TPSA) is 35.6 Å². The number of nitrogens with zero attached hydrogens (tertiary/aromatic N) is 2. The first-order valence-electron chi connectivity index (χ1n) is 6.79. The lowest BCUT2D eigenvalue weighted by molar-refractivity contribution is -0.0120. The van der Waals surface area contributed by atoms with Crippen molar-refractivity contribution in [3.05, 3.63) is 65.2 Å². The van der Waals surface area contributed by atoms with E-state index in [1.165, 1.54) is 11.1 Å². The van der Waals surface area contributed by atoms with Crippen LogP contribution in [0.5, 0.6) is 0 Å². The average molecular weight is 265 g/mol. The van der Waals surface area contributed by atoms with Crippen LogP contribution in [0.1, 0.15) is 16.7 Å².